The van der Waals surface area contributed by atoms with E-state index < -0.39 is 12.4 Å². The van der Waals surface area contributed by atoms with E-state index in [1.54, 1.807) is 0 Å². The van der Waals surface area contributed by atoms with Gasteiger partial charge in [-0.05, 0) is 6.42 Å². The van der Waals surface area contributed by atoms with Crippen molar-refractivity contribution >= 4 is 11.8 Å². The molecular formula is C6H9LiO3. The molecule has 0 bridgehead atoms. The summed E-state index contributed by atoms with van der Waals surface area (Å²) in [6.07, 6.45) is 0.605. The van der Waals surface area contributed by atoms with E-state index in [0.717, 1.165) is 0 Å². The van der Waals surface area contributed by atoms with Crippen molar-refractivity contribution in [3.8, 4) is 0 Å². The summed E-state index contributed by atoms with van der Waals surface area (Å²) in [6, 6.07) is 0. The first-order valence-electron chi connectivity index (χ1n) is 2.88. The Labute approximate surface area is 72.0 Å². The standard InChI is InChI=1S/C6H10O3.Li/c1-2-3-5(7)4-6(8)9;/h2-4H2,1H3,(H,8,9);/q;+1/p-1. The van der Waals surface area contributed by atoms with Crippen LogP contribution in [0.5, 0.6) is 0 Å². The largest absolute Gasteiger partial charge is 1.00 e. The summed E-state index contributed by atoms with van der Waals surface area (Å²) >= 11 is 0. The molecule has 3 nitrogen and oxygen atoms in total. The van der Waals surface area contributed by atoms with Gasteiger partial charge in [-0.2, -0.15) is 0 Å². The van der Waals surface area contributed by atoms with Gasteiger partial charge in [0.05, 0.1) is 0 Å². The van der Waals surface area contributed by atoms with Crippen molar-refractivity contribution in [2.24, 2.45) is 0 Å². The minimum absolute atomic E-state index is 0. The molecular weight excluding hydrogens is 127 g/mol. The number of aliphatic carboxylic acids is 1. The van der Waals surface area contributed by atoms with E-state index in [-0.39, 0.29) is 24.6 Å². The van der Waals surface area contributed by atoms with E-state index >= 15 is 0 Å². The average Bonchev–Trinajstić information content (AvgIpc) is 1.63. The maximum atomic E-state index is 10.4. The molecule has 0 saturated carbocycles. The average molecular weight is 136 g/mol. The Morgan fingerprint density at radius 2 is 1.90 bits per heavy atom. The van der Waals surface area contributed by atoms with Crippen LogP contribution in [0.1, 0.15) is 26.2 Å². The first-order valence-corrected chi connectivity index (χ1v) is 2.88. The minimum Gasteiger partial charge on any atom is -0.550 e. The van der Waals surface area contributed by atoms with E-state index in [1.165, 1.54) is 0 Å². The molecule has 0 amide bonds. The van der Waals surface area contributed by atoms with Gasteiger partial charge in [0.1, 0.15) is 5.78 Å². The topological polar surface area (TPSA) is 57.2 Å². The number of hydrogen-bond acceptors (Lipinski definition) is 3. The number of carbonyl (C=O) groups is 2. The van der Waals surface area contributed by atoms with E-state index in [4.69, 9.17) is 0 Å². The molecule has 0 saturated heterocycles. The Balaban J connectivity index is 0. The van der Waals surface area contributed by atoms with Gasteiger partial charge in [0.15, 0.2) is 0 Å². The Kier molecular flexibility index (Phi) is 8.51. The Bertz CT molecular complexity index is 122. The number of hydrogen-bond donors (Lipinski definition) is 0. The van der Waals surface area contributed by atoms with Gasteiger partial charge in [0.2, 0.25) is 0 Å². The SMILES string of the molecule is CCCC(=O)CC(=O)[O-].[Li+]. The van der Waals surface area contributed by atoms with Crippen LogP contribution in [-0.2, 0) is 9.59 Å². The number of carboxylic acid groups (broad SMARTS) is 1. The van der Waals surface area contributed by atoms with E-state index in [0.29, 0.717) is 12.8 Å². The third-order valence-corrected chi connectivity index (χ3v) is 0.870. The van der Waals surface area contributed by atoms with Crippen LogP contribution in [0, 0.1) is 0 Å². The zero-order chi connectivity index (χ0) is 7.28. The predicted octanol–water partition coefficient (Wildman–Crippen LogP) is -3.50. The van der Waals surface area contributed by atoms with Crippen molar-refractivity contribution < 1.29 is 33.6 Å². The van der Waals surface area contributed by atoms with Gasteiger partial charge in [0.25, 0.3) is 0 Å². The summed E-state index contributed by atoms with van der Waals surface area (Å²) in [4.78, 5) is 20.2. The zero-order valence-corrected chi connectivity index (χ0v) is 6.35. The molecule has 0 atom stereocenters. The van der Waals surface area contributed by atoms with Crippen LogP contribution in [0.25, 0.3) is 0 Å². The first-order chi connectivity index (χ1) is 4.16. The van der Waals surface area contributed by atoms with Crippen LogP contribution in [0.3, 0.4) is 0 Å². The molecule has 0 aliphatic carbocycles. The summed E-state index contributed by atoms with van der Waals surface area (Å²) in [5.74, 6) is -1.54. The molecule has 0 unspecified atom stereocenters. The maximum absolute atomic E-state index is 10.4. The number of carbonyl (C=O) groups excluding carboxylic acids is 2. The van der Waals surface area contributed by atoms with Crippen LogP contribution in [0.4, 0.5) is 0 Å². The van der Waals surface area contributed by atoms with Crippen molar-refractivity contribution in [2.45, 2.75) is 26.2 Å². The van der Waals surface area contributed by atoms with Crippen LogP contribution >= 0.6 is 0 Å². The minimum atomic E-state index is -1.28. The second-order valence-corrected chi connectivity index (χ2v) is 1.84. The predicted molar refractivity (Wildman–Crippen MR) is 29.5 cm³/mol. The van der Waals surface area contributed by atoms with Gasteiger partial charge in [-0.15, -0.1) is 0 Å². The van der Waals surface area contributed by atoms with Crippen LogP contribution in [0.15, 0.2) is 0 Å². The molecule has 0 N–H and O–H groups in total. The van der Waals surface area contributed by atoms with Gasteiger partial charge in [-0.3, -0.25) is 4.79 Å². The fourth-order valence-corrected chi connectivity index (χ4v) is 0.528. The summed E-state index contributed by atoms with van der Waals surface area (Å²) in [5, 5.41) is 9.75. The van der Waals surface area contributed by atoms with Crippen molar-refractivity contribution in [3.63, 3.8) is 0 Å². The summed E-state index contributed by atoms with van der Waals surface area (Å²) in [5.41, 5.74) is 0. The molecule has 52 valence electrons. The molecule has 0 aromatic heterocycles. The molecule has 0 aromatic carbocycles. The second-order valence-electron chi connectivity index (χ2n) is 1.84. The van der Waals surface area contributed by atoms with Crippen molar-refractivity contribution in [3.05, 3.63) is 0 Å². The molecule has 0 radical (unpaired) electrons. The van der Waals surface area contributed by atoms with E-state index in [1.807, 2.05) is 6.92 Å². The molecule has 0 aliphatic rings. The normalized spacial score (nSPS) is 8.10. The van der Waals surface area contributed by atoms with Crippen molar-refractivity contribution in [2.75, 3.05) is 0 Å². The number of carboxylic acids is 1. The summed E-state index contributed by atoms with van der Waals surface area (Å²) in [7, 11) is 0. The third-order valence-electron chi connectivity index (χ3n) is 0.870. The van der Waals surface area contributed by atoms with Crippen LogP contribution < -0.4 is 24.0 Å². The third kappa shape index (κ3) is 7.74. The summed E-state index contributed by atoms with van der Waals surface area (Å²) < 4.78 is 0. The molecule has 0 fully saturated rings. The Hall–Kier alpha value is -0.263. The quantitative estimate of drug-likeness (QED) is 0.297. The van der Waals surface area contributed by atoms with E-state index in [2.05, 4.69) is 0 Å². The van der Waals surface area contributed by atoms with Gasteiger partial charge in [0, 0.05) is 18.8 Å². The fraction of sp³-hybridized carbons (Fsp3) is 0.667. The van der Waals surface area contributed by atoms with Crippen LogP contribution in [-0.4, -0.2) is 11.8 Å². The second kappa shape index (κ2) is 6.85. The smallest absolute Gasteiger partial charge is 0.550 e. The van der Waals surface area contributed by atoms with Gasteiger partial charge < -0.3 is 9.90 Å². The molecule has 10 heavy (non-hydrogen) atoms. The maximum Gasteiger partial charge on any atom is 1.00 e. The molecule has 0 aliphatic heterocycles. The molecule has 0 aromatic rings. The summed E-state index contributed by atoms with van der Waals surface area (Å²) in [6.45, 7) is 1.83. The fourth-order valence-electron chi connectivity index (χ4n) is 0.528. The first kappa shape index (κ1) is 12.4. The van der Waals surface area contributed by atoms with Crippen molar-refractivity contribution in [1.82, 2.24) is 0 Å². The molecule has 0 rings (SSSR count). The van der Waals surface area contributed by atoms with Crippen LogP contribution in [0.2, 0.25) is 0 Å². The Morgan fingerprint density at radius 1 is 1.40 bits per heavy atom. The van der Waals surface area contributed by atoms with Gasteiger partial charge in [-0.1, -0.05) is 6.92 Å². The molecule has 0 heterocycles. The molecule has 4 heteroatoms. The monoisotopic (exact) mass is 136 g/mol. The number of Topliss-reactive ketones (excluding diaryl/α,β-unsaturated/α-hetero) is 1. The van der Waals surface area contributed by atoms with Gasteiger partial charge in [-0.25, -0.2) is 0 Å². The van der Waals surface area contributed by atoms with Crippen molar-refractivity contribution in [1.29, 1.82) is 0 Å². The number of ketones is 1. The zero-order valence-electron chi connectivity index (χ0n) is 6.35. The number of rotatable bonds is 4. The Morgan fingerprint density at radius 3 is 2.20 bits per heavy atom. The van der Waals surface area contributed by atoms with E-state index in [9.17, 15) is 14.7 Å². The molecule has 0 spiro atoms. The van der Waals surface area contributed by atoms with Gasteiger partial charge >= 0.3 is 18.9 Å².